The average molecular weight is 329 g/mol. The Hall–Kier alpha value is -0.730. The molecular formula is C16H16Cl3N. The van der Waals surface area contributed by atoms with Crippen LogP contribution in [0.2, 0.25) is 15.1 Å². The van der Waals surface area contributed by atoms with E-state index in [4.69, 9.17) is 34.8 Å². The minimum atomic E-state index is 0.0764. The molecule has 0 saturated carbocycles. The van der Waals surface area contributed by atoms with Crippen molar-refractivity contribution in [2.45, 2.75) is 25.9 Å². The van der Waals surface area contributed by atoms with E-state index in [0.717, 1.165) is 16.1 Å². The Morgan fingerprint density at radius 3 is 2.10 bits per heavy atom. The van der Waals surface area contributed by atoms with Gasteiger partial charge in [0.15, 0.2) is 0 Å². The van der Waals surface area contributed by atoms with Crippen molar-refractivity contribution < 1.29 is 0 Å². The Kier molecular flexibility index (Phi) is 5.34. The first-order valence-electron chi connectivity index (χ1n) is 6.44. The topological polar surface area (TPSA) is 12.0 Å². The first-order chi connectivity index (χ1) is 9.49. The zero-order valence-corrected chi connectivity index (χ0v) is 13.6. The Labute approximate surface area is 134 Å². The molecule has 0 radical (unpaired) electrons. The molecule has 106 valence electrons. The number of rotatable bonds is 4. The monoisotopic (exact) mass is 327 g/mol. The predicted molar refractivity (Wildman–Crippen MR) is 87.9 cm³/mol. The van der Waals surface area contributed by atoms with Crippen LogP contribution in [-0.4, -0.2) is 0 Å². The summed E-state index contributed by atoms with van der Waals surface area (Å²) >= 11 is 18.5. The number of halogens is 3. The number of nitrogens with one attached hydrogen (secondary N) is 1. The highest BCUT2D eigenvalue weighted by Gasteiger charge is 2.15. The fourth-order valence-corrected chi connectivity index (χ4v) is 2.99. The Morgan fingerprint density at radius 2 is 1.40 bits per heavy atom. The van der Waals surface area contributed by atoms with E-state index in [1.54, 1.807) is 6.07 Å². The van der Waals surface area contributed by atoms with Gasteiger partial charge in [-0.1, -0.05) is 53.0 Å². The van der Waals surface area contributed by atoms with Crippen molar-refractivity contribution in [3.05, 3.63) is 68.7 Å². The van der Waals surface area contributed by atoms with Crippen LogP contribution in [-0.2, 0) is 0 Å². The van der Waals surface area contributed by atoms with Crippen LogP contribution in [0.1, 0.15) is 37.1 Å². The maximum Gasteiger partial charge on any atom is 0.0454 e. The van der Waals surface area contributed by atoms with Gasteiger partial charge >= 0.3 is 0 Å². The summed E-state index contributed by atoms with van der Waals surface area (Å²) in [4.78, 5) is 0. The molecule has 0 saturated heterocycles. The van der Waals surface area contributed by atoms with Gasteiger partial charge in [0.05, 0.1) is 0 Å². The molecule has 0 aliphatic heterocycles. The molecule has 1 nitrogen and oxygen atoms in total. The van der Waals surface area contributed by atoms with Gasteiger partial charge in [0.2, 0.25) is 0 Å². The molecule has 4 heteroatoms. The number of benzene rings is 2. The van der Waals surface area contributed by atoms with Gasteiger partial charge in [-0.3, -0.25) is 0 Å². The number of hydrogen-bond acceptors (Lipinski definition) is 1. The lowest BCUT2D eigenvalue weighted by Gasteiger charge is -2.22. The van der Waals surface area contributed by atoms with E-state index in [1.807, 2.05) is 36.4 Å². The highest BCUT2D eigenvalue weighted by Crippen LogP contribution is 2.29. The largest absolute Gasteiger partial charge is 0.304 e. The van der Waals surface area contributed by atoms with Crippen molar-refractivity contribution in [2.75, 3.05) is 0 Å². The minimum absolute atomic E-state index is 0.0764. The van der Waals surface area contributed by atoms with Gasteiger partial charge < -0.3 is 5.32 Å². The van der Waals surface area contributed by atoms with E-state index in [1.165, 1.54) is 0 Å². The first kappa shape index (κ1) is 15.7. The molecule has 1 N–H and O–H groups in total. The molecule has 2 aromatic rings. The van der Waals surface area contributed by atoms with Crippen molar-refractivity contribution in [1.82, 2.24) is 5.32 Å². The first-order valence-corrected chi connectivity index (χ1v) is 7.58. The fourth-order valence-electron chi connectivity index (χ4n) is 2.23. The van der Waals surface area contributed by atoms with Gasteiger partial charge in [-0.05, 0) is 49.2 Å². The molecule has 0 heterocycles. The molecule has 0 amide bonds. The molecule has 0 aliphatic carbocycles. The second kappa shape index (κ2) is 6.82. The molecule has 0 spiro atoms. The summed E-state index contributed by atoms with van der Waals surface area (Å²) in [6.07, 6.45) is 0. The Morgan fingerprint density at radius 1 is 0.800 bits per heavy atom. The van der Waals surface area contributed by atoms with Crippen LogP contribution in [0.3, 0.4) is 0 Å². The summed E-state index contributed by atoms with van der Waals surface area (Å²) in [6.45, 7) is 4.14. The maximum absolute atomic E-state index is 6.23. The van der Waals surface area contributed by atoms with E-state index in [9.17, 15) is 0 Å². The second-order valence-electron chi connectivity index (χ2n) is 4.80. The molecular weight excluding hydrogens is 313 g/mol. The lowest BCUT2D eigenvalue weighted by Crippen LogP contribution is -2.23. The second-order valence-corrected chi connectivity index (χ2v) is 6.05. The fraction of sp³-hybridized carbons (Fsp3) is 0.250. The van der Waals surface area contributed by atoms with Gasteiger partial charge in [0, 0.05) is 27.2 Å². The van der Waals surface area contributed by atoms with E-state index in [-0.39, 0.29) is 12.1 Å². The maximum atomic E-state index is 6.23. The molecule has 0 aromatic heterocycles. The molecule has 0 aliphatic rings. The number of hydrogen-bond donors (Lipinski definition) is 1. The van der Waals surface area contributed by atoms with Crippen LogP contribution in [0.4, 0.5) is 0 Å². The van der Waals surface area contributed by atoms with Crippen molar-refractivity contribution >= 4 is 34.8 Å². The zero-order chi connectivity index (χ0) is 14.7. The molecule has 0 bridgehead atoms. The lowest BCUT2D eigenvalue weighted by molar-refractivity contribution is 0.495. The highest BCUT2D eigenvalue weighted by molar-refractivity contribution is 6.33. The molecule has 2 rings (SSSR count). The van der Waals surface area contributed by atoms with E-state index >= 15 is 0 Å². The molecule has 2 aromatic carbocycles. The molecule has 0 fully saturated rings. The normalized spacial score (nSPS) is 14.1. The van der Waals surface area contributed by atoms with Gasteiger partial charge in [0.1, 0.15) is 0 Å². The Balaban J connectivity index is 2.17. The van der Waals surface area contributed by atoms with Crippen molar-refractivity contribution in [3.63, 3.8) is 0 Å². The van der Waals surface area contributed by atoms with Crippen molar-refractivity contribution in [2.24, 2.45) is 0 Å². The summed E-state index contributed by atoms with van der Waals surface area (Å²) in [6, 6.07) is 13.5. The lowest BCUT2D eigenvalue weighted by atomic mass is 10.0. The predicted octanol–water partition coefficient (Wildman–Crippen LogP) is 6.06. The van der Waals surface area contributed by atoms with Crippen LogP contribution in [0.5, 0.6) is 0 Å². The smallest absolute Gasteiger partial charge is 0.0454 e. The summed E-state index contributed by atoms with van der Waals surface area (Å²) in [5, 5.41) is 5.65. The molecule has 2 atom stereocenters. The van der Waals surface area contributed by atoms with Gasteiger partial charge in [-0.2, -0.15) is 0 Å². The Bertz CT molecular complexity index is 598. The molecule has 1 unspecified atom stereocenters. The van der Waals surface area contributed by atoms with E-state index in [0.29, 0.717) is 10.0 Å². The summed E-state index contributed by atoms with van der Waals surface area (Å²) in [5.74, 6) is 0. The van der Waals surface area contributed by atoms with Gasteiger partial charge in [-0.15, -0.1) is 0 Å². The van der Waals surface area contributed by atoms with Gasteiger partial charge in [0.25, 0.3) is 0 Å². The average Bonchev–Trinajstić information content (AvgIpc) is 2.41. The summed E-state index contributed by atoms with van der Waals surface area (Å²) in [7, 11) is 0. The summed E-state index contributed by atoms with van der Waals surface area (Å²) in [5.41, 5.74) is 2.05. The van der Waals surface area contributed by atoms with Gasteiger partial charge in [-0.25, -0.2) is 0 Å². The van der Waals surface area contributed by atoms with Crippen LogP contribution >= 0.6 is 34.8 Å². The quantitative estimate of drug-likeness (QED) is 0.719. The third kappa shape index (κ3) is 3.67. The van der Waals surface area contributed by atoms with E-state index < -0.39 is 0 Å². The highest BCUT2D eigenvalue weighted by atomic mass is 35.5. The van der Waals surface area contributed by atoms with Crippen molar-refractivity contribution in [1.29, 1.82) is 0 Å². The van der Waals surface area contributed by atoms with Crippen molar-refractivity contribution in [3.8, 4) is 0 Å². The van der Waals surface area contributed by atoms with Crippen LogP contribution in [0, 0.1) is 0 Å². The standard InChI is InChI=1S/C16H16Cl3N/c1-10(13-5-3-4-6-15(13)18)20-11(2)14-9-12(17)7-8-16(14)19/h3-11,20H,1-2H3/t10-,11?/m1/s1. The third-order valence-electron chi connectivity index (χ3n) is 3.30. The third-order valence-corrected chi connectivity index (χ3v) is 4.22. The SMILES string of the molecule is CC(N[C@H](C)c1ccccc1Cl)c1cc(Cl)ccc1Cl. The minimum Gasteiger partial charge on any atom is -0.304 e. The van der Waals surface area contributed by atoms with Crippen LogP contribution < -0.4 is 5.32 Å². The summed E-state index contributed by atoms with van der Waals surface area (Å²) < 4.78 is 0. The zero-order valence-electron chi connectivity index (χ0n) is 11.3. The van der Waals surface area contributed by atoms with E-state index in [2.05, 4.69) is 19.2 Å². The van der Waals surface area contributed by atoms with Crippen LogP contribution in [0.15, 0.2) is 42.5 Å². The molecule has 20 heavy (non-hydrogen) atoms. The van der Waals surface area contributed by atoms with Crippen LogP contribution in [0.25, 0.3) is 0 Å².